The monoisotopic (exact) mass is 320 g/mol. The van der Waals surface area contributed by atoms with Crippen LogP contribution in [-0.2, 0) is 22.4 Å². The van der Waals surface area contributed by atoms with Crippen LogP contribution in [0, 0.1) is 0 Å². The van der Waals surface area contributed by atoms with Crippen molar-refractivity contribution in [3.63, 3.8) is 0 Å². The maximum atomic E-state index is 6.02. The van der Waals surface area contributed by atoms with Gasteiger partial charge in [0.2, 0.25) is 0 Å². The van der Waals surface area contributed by atoms with Crippen molar-refractivity contribution in [2.24, 2.45) is 0 Å². The van der Waals surface area contributed by atoms with Crippen molar-refractivity contribution in [1.82, 2.24) is 9.55 Å². The average molecular weight is 321 g/mol. The van der Waals surface area contributed by atoms with E-state index in [-0.39, 0.29) is 12.4 Å². The minimum atomic E-state index is -0.0884. The molecule has 5 heteroatoms. The van der Waals surface area contributed by atoms with Crippen molar-refractivity contribution in [2.75, 3.05) is 6.61 Å². The van der Waals surface area contributed by atoms with Gasteiger partial charge < -0.3 is 14.0 Å². The van der Waals surface area contributed by atoms with Gasteiger partial charge in [-0.2, -0.15) is 0 Å². The Morgan fingerprint density at radius 3 is 2.91 bits per heavy atom. The van der Waals surface area contributed by atoms with Gasteiger partial charge in [-0.25, -0.2) is 4.98 Å². The van der Waals surface area contributed by atoms with E-state index in [2.05, 4.69) is 9.55 Å². The van der Waals surface area contributed by atoms with Crippen molar-refractivity contribution in [3.8, 4) is 0 Å². The lowest BCUT2D eigenvalue weighted by Crippen LogP contribution is -2.32. The van der Waals surface area contributed by atoms with Gasteiger partial charge in [0.15, 0.2) is 6.29 Å². The highest BCUT2D eigenvalue weighted by Gasteiger charge is 2.22. The van der Waals surface area contributed by atoms with E-state index in [1.807, 2.05) is 36.8 Å². The summed E-state index contributed by atoms with van der Waals surface area (Å²) in [5.74, 6) is 0. The lowest BCUT2D eigenvalue weighted by Gasteiger charge is -2.30. The normalized spacial score (nSPS) is 21.9. The second-order valence-corrected chi connectivity index (χ2v) is 6.06. The Kier molecular flexibility index (Phi) is 5.48. The Hall–Kier alpha value is -1.36. The van der Waals surface area contributed by atoms with Gasteiger partial charge in [-0.05, 0) is 43.4 Å². The summed E-state index contributed by atoms with van der Waals surface area (Å²) in [5.41, 5.74) is 1.23. The van der Waals surface area contributed by atoms with Crippen LogP contribution in [0.15, 0.2) is 43.0 Å². The van der Waals surface area contributed by atoms with Crippen molar-refractivity contribution < 1.29 is 9.47 Å². The zero-order chi connectivity index (χ0) is 15.2. The number of halogens is 1. The number of imidazole rings is 1. The SMILES string of the molecule is Clc1ccc(CCOC2CCCC(Cn3ccnc3)O2)cc1. The molecule has 1 saturated heterocycles. The summed E-state index contributed by atoms with van der Waals surface area (Å²) < 4.78 is 14.0. The van der Waals surface area contributed by atoms with Gasteiger partial charge >= 0.3 is 0 Å². The summed E-state index contributed by atoms with van der Waals surface area (Å²) in [5, 5.41) is 0.766. The quantitative estimate of drug-likeness (QED) is 0.814. The molecule has 0 saturated carbocycles. The molecule has 2 unspecified atom stereocenters. The van der Waals surface area contributed by atoms with E-state index in [1.54, 1.807) is 6.20 Å². The molecule has 1 fully saturated rings. The third kappa shape index (κ3) is 4.57. The molecule has 2 heterocycles. The number of nitrogens with zero attached hydrogens (tertiary/aromatic N) is 2. The fraction of sp³-hybridized carbons (Fsp3) is 0.471. The van der Waals surface area contributed by atoms with Crippen LogP contribution in [0.4, 0.5) is 0 Å². The molecule has 0 amide bonds. The summed E-state index contributed by atoms with van der Waals surface area (Å²) in [6, 6.07) is 7.90. The summed E-state index contributed by atoms with van der Waals surface area (Å²) in [6.45, 7) is 1.52. The Morgan fingerprint density at radius 1 is 1.27 bits per heavy atom. The molecular formula is C17H21ClN2O2. The molecule has 0 N–H and O–H groups in total. The van der Waals surface area contributed by atoms with Gasteiger partial charge in [-0.3, -0.25) is 0 Å². The zero-order valence-corrected chi connectivity index (χ0v) is 13.3. The Labute approximate surface area is 136 Å². The number of rotatable bonds is 6. The average Bonchev–Trinajstić information content (AvgIpc) is 3.03. The minimum Gasteiger partial charge on any atom is -0.352 e. The summed E-state index contributed by atoms with van der Waals surface area (Å²) in [6.07, 6.45) is 9.79. The summed E-state index contributed by atoms with van der Waals surface area (Å²) in [7, 11) is 0. The number of hydrogen-bond acceptors (Lipinski definition) is 3. The van der Waals surface area contributed by atoms with Crippen molar-refractivity contribution in [1.29, 1.82) is 0 Å². The smallest absolute Gasteiger partial charge is 0.158 e. The highest BCUT2D eigenvalue weighted by atomic mass is 35.5. The lowest BCUT2D eigenvalue weighted by atomic mass is 10.1. The number of ether oxygens (including phenoxy) is 2. The van der Waals surface area contributed by atoms with Gasteiger partial charge in [-0.15, -0.1) is 0 Å². The van der Waals surface area contributed by atoms with Crippen molar-refractivity contribution in [2.45, 2.75) is 44.6 Å². The third-order valence-electron chi connectivity index (χ3n) is 3.89. The second kappa shape index (κ2) is 7.77. The largest absolute Gasteiger partial charge is 0.352 e. The molecule has 1 aromatic heterocycles. The van der Waals surface area contributed by atoms with Gasteiger partial charge in [0, 0.05) is 24.0 Å². The molecule has 4 nitrogen and oxygen atoms in total. The molecular weight excluding hydrogens is 300 g/mol. The first-order valence-corrected chi connectivity index (χ1v) is 8.14. The third-order valence-corrected chi connectivity index (χ3v) is 4.14. The Morgan fingerprint density at radius 2 is 2.14 bits per heavy atom. The highest BCUT2D eigenvalue weighted by molar-refractivity contribution is 6.30. The molecule has 1 aliphatic heterocycles. The molecule has 0 radical (unpaired) electrons. The van der Waals surface area contributed by atoms with Crippen LogP contribution in [0.2, 0.25) is 5.02 Å². The van der Waals surface area contributed by atoms with Gasteiger partial charge in [0.25, 0.3) is 0 Å². The van der Waals surface area contributed by atoms with Crippen LogP contribution in [0.25, 0.3) is 0 Å². The molecule has 0 spiro atoms. The molecule has 22 heavy (non-hydrogen) atoms. The topological polar surface area (TPSA) is 36.3 Å². The molecule has 2 aromatic rings. The van der Waals surface area contributed by atoms with Gasteiger partial charge in [0.05, 0.1) is 19.0 Å². The minimum absolute atomic E-state index is 0.0884. The molecule has 0 aliphatic carbocycles. The van der Waals surface area contributed by atoms with Crippen molar-refractivity contribution in [3.05, 3.63) is 53.6 Å². The van der Waals surface area contributed by atoms with E-state index >= 15 is 0 Å². The standard InChI is InChI=1S/C17H21ClN2O2/c18-15-6-4-14(5-7-15)8-11-21-17-3-1-2-16(22-17)12-20-10-9-19-13-20/h4-7,9-10,13,16-17H,1-3,8,11-12H2. The Balaban J connectivity index is 1.41. The predicted molar refractivity (Wildman–Crippen MR) is 85.8 cm³/mol. The first-order valence-electron chi connectivity index (χ1n) is 7.77. The molecule has 118 valence electrons. The maximum absolute atomic E-state index is 6.02. The van der Waals surface area contributed by atoms with Gasteiger partial charge in [0.1, 0.15) is 0 Å². The molecule has 1 aliphatic rings. The summed E-state index contributed by atoms with van der Waals surface area (Å²) in [4.78, 5) is 4.06. The zero-order valence-electron chi connectivity index (χ0n) is 12.5. The predicted octanol–water partition coefficient (Wildman–Crippen LogP) is 3.69. The van der Waals surface area contributed by atoms with E-state index in [1.165, 1.54) is 5.56 Å². The van der Waals surface area contributed by atoms with Crippen LogP contribution < -0.4 is 0 Å². The first kappa shape index (κ1) is 15.5. The fourth-order valence-corrected chi connectivity index (χ4v) is 2.84. The number of hydrogen-bond donors (Lipinski definition) is 0. The maximum Gasteiger partial charge on any atom is 0.158 e. The molecule has 3 rings (SSSR count). The van der Waals surface area contributed by atoms with Crippen LogP contribution in [0.3, 0.4) is 0 Å². The van der Waals surface area contributed by atoms with Crippen LogP contribution in [0.5, 0.6) is 0 Å². The van der Waals surface area contributed by atoms with E-state index in [0.29, 0.717) is 6.61 Å². The molecule has 0 bridgehead atoms. The van der Waals surface area contributed by atoms with E-state index in [4.69, 9.17) is 21.1 Å². The summed E-state index contributed by atoms with van der Waals surface area (Å²) >= 11 is 5.88. The molecule has 2 atom stereocenters. The Bertz CT molecular complexity index is 557. The number of benzene rings is 1. The van der Waals surface area contributed by atoms with Crippen LogP contribution in [-0.4, -0.2) is 28.6 Å². The van der Waals surface area contributed by atoms with Crippen LogP contribution >= 0.6 is 11.6 Å². The lowest BCUT2D eigenvalue weighted by molar-refractivity contribution is -0.195. The van der Waals surface area contributed by atoms with Crippen LogP contribution in [0.1, 0.15) is 24.8 Å². The van der Waals surface area contributed by atoms with E-state index in [9.17, 15) is 0 Å². The first-order chi connectivity index (χ1) is 10.8. The highest BCUT2D eigenvalue weighted by Crippen LogP contribution is 2.21. The second-order valence-electron chi connectivity index (χ2n) is 5.63. The molecule has 1 aromatic carbocycles. The number of aromatic nitrogens is 2. The van der Waals surface area contributed by atoms with Gasteiger partial charge in [-0.1, -0.05) is 23.7 Å². The fourth-order valence-electron chi connectivity index (χ4n) is 2.71. The van der Waals surface area contributed by atoms with E-state index in [0.717, 1.165) is 37.3 Å². The van der Waals surface area contributed by atoms with Crippen molar-refractivity contribution >= 4 is 11.6 Å². The van der Waals surface area contributed by atoms with E-state index < -0.39 is 0 Å².